The van der Waals surface area contributed by atoms with Crippen molar-refractivity contribution in [3.8, 4) is 0 Å². The highest BCUT2D eigenvalue weighted by atomic mass is 79.9. The van der Waals surface area contributed by atoms with Gasteiger partial charge in [0.2, 0.25) is 0 Å². The summed E-state index contributed by atoms with van der Waals surface area (Å²) in [5.74, 6) is 0. The molecule has 2 heterocycles. The van der Waals surface area contributed by atoms with Gasteiger partial charge < -0.3 is 10.5 Å². The summed E-state index contributed by atoms with van der Waals surface area (Å²) in [5.41, 5.74) is 7.73. The minimum absolute atomic E-state index is 0.0223. The summed E-state index contributed by atoms with van der Waals surface area (Å²) >= 11 is 10.1. The van der Waals surface area contributed by atoms with Crippen LogP contribution in [0.5, 0.6) is 0 Å². The zero-order chi connectivity index (χ0) is 14.8. The molecule has 0 amide bonds. The summed E-state index contributed by atoms with van der Waals surface area (Å²) in [7, 11) is 0. The molecule has 1 fully saturated rings. The Hall–Kier alpha value is -0.620. The van der Waals surface area contributed by atoms with E-state index in [2.05, 4.69) is 21.0 Å². The molecule has 0 radical (unpaired) electrons. The van der Waals surface area contributed by atoms with Gasteiger partial charge in [0, 0.05) is 21.5 Å². The number of benzene rings is 1. The predicted octanol–water partition coefficient (Wildman–Crippen LogP) is 4.04. The van der Waals surface area contributed by atoms with Gasteiger partial charge in [-0.1, -0.05) is 11.6 Å². The number of ether oxygens (including phenoxy) is 1. The number of hydrogen-bond donors (Lipinski definition) is 1. The maximum Gasteiger partial charge on any atom is 0.150 e. The average Bonchev–Trinajstić information content (AvgIpc) is 2.92. The lowest BCUT2D eigenvalue weighted by molar-refractivity contribution is -0.0366. The summed E-state index contributed by atoms with van der Waals surface area (Å²) in [5, 5.41) is 6.37. The maximum absolute atomic E-state index is 6.46. The summed E-state index contributed by atoms with van der Waals surface area (Å²) in [6.45, 7) is 1.46. The van der Waals surface area contributed by atoms with Crippen molar-refractivity contribution < 1.29 is 4.74 Å². The van der Waals surface area contributed by atoms with Crippen LogP contribution in [0.2, 0.25) is 5.02 Å². The SMILES string of the molecule is NCCCc1c(Cl)cc2c(cnn2C2CCCCO2)c1Br. The van der Waals surface area contributed by atoms with E-state index in [4.69, 9.17) is 22.1 Å². The molecule has 1 atom stereocenters. The van der Waals surface area contributed by atoms with E-state index in [1.807, 2.05) is 16.9 Å². The number of hydrogen-bond acceptors (Lipinski definition) is 3. The average molecular weight is 373 g/mol. The van der Waals surface area contributed by atoms with Crippen LogP contribution in [0.1, 0.15) is 37.5 Å². The fourth-order valence-corrected chi connectivity index (χ4v) is 3.94. The largest absolute Gasteiger partial charge is 0.356 e. The lowest BCUT2D eigenvalue weighted by atomic mass is 10.1. The van der Waals surface area contributed by atoms with Crippen LogP contribution in [0.15, 0.2) is 16.7 Å². The minimum atomic E-state index is 0.0223. The van der Waals surface area contributed by atoms with Crippen molar-refractivity contribution in [3.63, 3.8) is 0 Å². The van der Waals surface area contributed by atoms with Crippen molar-refractivity contribution in [3.05, 3.63) is 27.3 Å². The van der Waals surface area contributed by atoms with Gasteiger partial charge in [0.05, 0.1) is 11.7 Å². The first-order valence-electron chi connectivity index (χ1n) is 7.38. The third-order valence-electron chi connectivity index (χ3n) is 3.95. The summed E-state index contributed by atoms with van der Waals surface area (Å²) in [6, 6.07) is 2.00. The van der Waals surface area contributed by atoms with Crippen molar-refractivity contribution >= 4 is 38.4 Å². The van der Waals surface area contributed by atoms with Gasteiger partial charge in [-0.3, -0.25) is 0 Å². The van der Waals surface area contributed by atoms with Crippen molar-refractivity contribution in [2.45, 2.75) is 38.3 Å². The van der Waals surface area contributed by atoms with Crippen molar-refractivity contribution in [2.75, 3.05) is 13.2 Å². The van der Waals surface area contributed by atoms with Gasteiger partial charge in [0.1, 0.15) is 0 Å². The Morgan fingerprint density at radius 1 is 1.48 bits per heavy atom. The summed E-state index contributed by atoms with van der Waals surface area (Å²) in [6.07, 6.45) is 7.01. The van der Waals surface area contributed by atoms with Gasteiger partial charge in [0.15, 0.2) is 6.23 Å². The number of nitrogens with zero attached hydrogens (tertiary/aromatic N) is 2. The first-order valence-corrected chi connectivity index (χ1v) is 8.55. The van der Waals surface area contributed by atoms with Crippen LogP contribution in [0.25, 0.3) is 10.9 Å². The second-order valence-electron chi connectivity index (χ2n) is 5.39. The number of halogens is 2. The second-order valence-corrected chi connectivity index (χ2v) is 6.59. The molecule has 3 rings (SSSR count). The first-order chi connectivity index (χ1) is 10.2. The second kappa shape index (κ2) is 6.65. The molecule has 2 N–H and O–H groups in total. The van der Waals surface area contributed by atoms with E-state index in [1.54, 1.807) is 0 Å². The van der Waals surface area contributed by atoms with E-state index in [0.29, 0.717) is 6.54 Å². The zero-order valence-electron chi connectivity index (χ0n) is 11.8. The number of nitrogens with two attached hydrogens (primary N) is 1. The van der Waals surface area contributed by atoms with Crippen LogP contribution in [0.3, 0.4) is 0 Å². The van der Waals surface area contributed by atoms with Gasteiger partial charge in [-0.25, -0.2) is 4.68 Å². The van der Waals surface area contributed by atoms with Crippen molar-refractivity contribution in [1.29, 1.82) is 0 Å². The molecule has 2 aromatic rings. The molecule has 0 spiro atoms. The normalized spacial score (nSPS) is 19.3. The van der Waals surface area contributed by atoms with Crippen LogP contribution in [0.4, 0.5) is 0 Å². The van der Waals surface area contributed by atoms with Gasteiger partial charge in [-0.05, 0) is 66.2 Å². The fraction of sp³-hybridized carbons (Fsp3) is 0.533. The Morgan fingerprint density at radius 2 is 2.33 bits per heavy atom. The topological polar surface area (TPSA) is 53.1 Å². The van der Waals surface area contributed by atoms with E-state index in [1.165, 1.54) is 6.42 Å². The van der Waals surface area contributed by atoms with Crippen LogP contribution < -0.4 is 5.73 Å². The Morgan fingerprint density at radius 3 is 3.05 bits per heavy atom. The monoisotopic (exact) mass is 371 g/mol. The quantitative estimate of drug-likeness (QED) is 0.881. The number of aromatic nitrogens is 2. The van der Waals surface area contributed by atoms with Gasteiger partial charge in [-0.15, -0.1) is 0 Å². The molecule has 0 saturated carbocycles. The van der Waals surface area contributed by atoms with Crippen LogP contribution in [-0.4, -0.2) is 22.9 Å². The fourth-order valence-electron chi connectivity index (χ4n) is 2.81. The first kappa shape index (κ1) is 15.3. The summed E-state index contributed by atoms with van der Waals surface area (Å²) in [4.78, 5) is 0. The third kappa shape index (κ3) is 2.97. The van der Waals surface area contributed by atoms with Crippen molar-refractivity contribution in [2.24, 2.45) is 5.73 Å². The lowest BCUT2D eigenvalue weighted by Gasteiger charge is -2.23. The highest BCUT2D eigenvalue weighted by Crippen LogP contribution is 2.36. The molecule has 114 valence electrons. The van der Waals surface area contributed by atoms with Gasteiger partial charge >= 0.3 is 0 Å². The standard InChI is InChI=1S/C15H19BrClN3O/c16-15-10(4-3-6-18)12(17)8-13-11(15)9-19-20(13)14-5-1-2-7-21-14/h8-9,14H,1-7,18H2. The highest BCUT2D eigenvalue weighted by molar-refractivity contribution is 9.10. The van der Waals surface area contributed by atoms with Gasteiger partial charge in [-0.2, -0.15) is 5.10 Å². The van der Waals surface area contributed by atoms with Crippen LogP contribution in [-0.2, 0) is 11.2 Å². The van der Waals surface area contributed by atoms with E-state index in [-0.39, 0.29) is 6.23 Å². The Balaban J connectivity index is 2.02. The Kier molecular flexibility index (Phi) is 4.84. The Bertz CT molecular complexity index is 637. The molecule has 1 unspecified atom stereocenters. The highest BCUT2D eigenvalue weighted by Gasteiger charge is 2.21. The number of fused-ring (bicyclic) bond motifs is 1. The Labute approximate surface area is 137 Å². The van der Waals surface area contributed by atoms with Gasteiger partial charge in [0.25, 0.3) is 0 Å². The van der Waals surface area contributed by atoms with E-state index in [0.717, 1.165) is 58.3 Å². The molecule has 0 aliphatic carbocycles. The van der Waals surface area contributed by atoms with E-state index < -0.39 is 0 Å². The lowest BCUT2D eigenvalue weighted by Crippen LogP contribution is -2.19. The molecule has 1 aliphatic rings. The van der Waals surface area contributed by atoms with E-state index >= 15 is 0 Å². The molecular weight excluding hydrogens is 354 g/mol. The molecular formula is C15H19BrClN3O. The molecule has 1 aromatic heterocycles. The molecule has 1 saturated heterocycles. The maximum atomic E-state index is 6.46. The smallest absolute Gasteiger partial charge is 0.150 e. The molecule has 4 nitrogen and oxygen atoms in total. The van der Waals surface area contributed by atoms with Crippen molar-refractivity contribution in [1.82, 2.24) is 9.78 Å². The molecule has 1 aliphatic heterocycles. The summed E-state index contributed by atoms with van der Waals surface area (Å²) < 4.78 is 8.82. The zero-order valence-corrected chi connectivity index (χ0v) is 14.2. The third-order valence-corrected chi connectivity index (χ3v) is 5.19. The van der Waals surface area contributed by atoms with Crippen LogP contribution >= 0.6 is 27.5 Å². The molecule has 6 heteroatoms. The van der Waals surface area contributed by atoms with E-state index in [9.17, 15) is 0 Å². The molecule has 1 aromatic carbocycles. The number of rotatable bonds is 4. The minimum Gasteiger partial charge on any atom is -0.356 e. The van der Waals surface area contributed by atoms with Crippen LogP contribution in [0, 0.1) is 0 Å². The molecule has 0 bridgehead atoms. The molecule has 21 heavy (non-hydrogen) atoms. The predicted molar refractivity (Wildman–Crippen MR) is 88.7 cm³/mol.